The molecule has 3 heterocycles. The molecule has 0 radical (unpaired) electrons. The molecule has 12 heteroatoms. The molecule has 0 unspecified atom stereocenters. The van der Waals surface area contributed by atoms with E-state index >= 15 is 4.39 Å². The lowest BCUT2D eigenvalue weighted by Crippen LogP contribution is -2.53. The highest BCUT2D eigenvalue weighted by Gasteiger charge is 2.33. The van der Waals surface area contributed by atoms with Gasteiger partial charge in [0.15, 0.2) is 23.3 Å². The first-order chi connectivity index (χ1) is 17.0. The lowest BCUT2D eigenvalue weighted by Gasteiger charge is -2.40. The average Bonchev–Trinajstić information content (AvgIpc) is 2.79. The highest BCUT2D eigenvalue weighted by molar-refractivity contribution is 5.95. The van der Waals surface area contributed by atoms with Gasteiger partial charge in [0.05, 0.1) is 36.8 Å². The van der Waals surface area contributed by atoms with Crippen LogP contribution in [0.15, 0.2) is 29.2 Å². The zero-order chi connectivity index (χ0) is 26.3. The molecular weight excluding hydrogens is 481 g/mol. The van der Waals surface area contributed by atoms with Gasteiger partial charge in [-0.15, -0.1) is 0 Å². The molecule has 2 aromatic heterocycles. The number of ether oxygens (including phenoxy) is 2. The van der Waals surface area contributed by atoms with Crippen molar-refractivity contribution in [2.45, 2.75) is 26.9 Å². The Hall–Kier alpha value is -4.09. The highest BCUT2D eigenvalue weighted by atomic mass is 19.1. The number of nitrogen functional groups attached to an aromatic ring is 1. The predicted molar refractivity (Wildman–Crippen MR) is 125 cm³/mol. The highest BCUT2D eigenvalue weighted by Crippen LogP contribution is 2.31. The summed E-state index contributed by atoms with van der Waals surface area (Å²) >= 11 is 0. The van der Waals surface area contributed by atoms with Gasteiger partial charge in [0, 0.05) is 23.7 Å². The van der Waals surface area contributed by atoms with Gasteiger partial charge in [-0.2, -0.15) is 0 Å². The molecule has 2 N–H and O–H groups in total. The standard InChI is InChI=1S/C24H23F3N4O5/c1-4-35-24(34)14-10-31(22-17(27)6-16(26)21(28)29-22)18-7-15(25)19(5-13(18)20(14)32)30-8-12(9-30)36-23(33)11(2)3/h5-7,10-12H,4,8-9H2,1-3H3,(H2,28,29). The summed E-state index contributed by atoms with van der Waals surface area (Å²) in [6, 6.07) is 2.70. The van der Waals surface area contributed by atoms with Crippen LogP contribution in [0.5, 0.6) is 0 Å². The van der Waals surface area contributed by atoms with Crippen LogP contribution in [0.1, 0.15) is 31.1 Å². The quantitative estimate of drug-likeness (QED) is 0.510. The maximum absolute atomic E-state index is 15.2. The second-order valence-corrected chi connectivity index (χ2v) is 8.56. The third kappa shape index (κ3) is 4.45. The fourth-order valence-corrected chi connectivity index (χ4v) is 3.76. The first kappa shape index (κ1) is 25.0. The Kier molecular flexibility index (Phi) is 6.61. The lowest BCUT2D eigenvalue weighted by atomic mass is 10.1. The molecule has 1 aliphatic heterocycles. The SMILES string of the molecule is CCOC(=O)c1cn(-c2nc(N)c(F)cc2F)c2cc(F)c(N3CC(OC(=O)C(C)C)C3)cc2c1=O. The molecule has 9 nitrogen and oxygen atoms in total. The zero-order valence-corrected chi connectivity index (χ0v) is 19.7. The van der Waals surface area contributed by atoms with E-state index in [0.29, 0.717) is 6.07 Å². The Balaban J connectivity index is 1.84. The van der Waals surface area contributed by atoms with E-state index in [2.05, 4.69) is 4.98 Å². The number of rotatable bonds is 6. The van der Waals surface area contributed by atoms with E-state index in [1.165, 1.54) is 6.07 Å². The number of nitrogens with zero attached hydrogens (tertiary/aromatic N) is 3. The minimum Gasteiger partial charge on any atom is -0.462 e. The summed E-state index contributed by atoms with van der Waals surface area (Å²) in [6.45, 7) is 5.28. The Bertz CT molecular complexity index is 1430. The number of pyridine rings is 2. The van der Waals surface area contributed by atoms with Crippen LogP contribution < -0.4 is 16.1 Å². The number of hydrogen-bond acceptors (Lipinski definition) is 8. The smallest absolute Gasteiger partial charge is 0.343 e. The molecular formula is C24H23F3N4O5. The number of halogens is 3. The monoisotopic (exact) mass is 504 g/mol. The maximum atomic E-state index is 15.2. The van der Waals surface area contributed by atoms with Crippen molar-refractivity contribution in [1.29, 1.82) is 0 Å². The molecule has 0 bridgehead atoms. The van der Waals surface area contributed by atoms with Gasteiger partial charge in [-0.25, -0.2) is 22.9 Å². The number of anilines is 2. The van der Waals surface area contributed by atoms with E-state index in [9.17, 15) is 23.2 Å². The molecule has 0 atom stereocenters. The molecule has 0 saturated carbocycles. The first-order valence-electron chi connectivity index (χ1n) is 11.1. The molecule has 1 saturated heterocycles. The van der Waals surface area contributed by atoms with Crippen LogP contribution in [-0.4, -0.2) is 47.3 Å². The number of aromatic nitrogens is 2. The molecule has 0 aliphatic carbocycles. The number of hydrogen-bond donors (Lipinski definition) is 1. The summed E-state index contributed by atoms with van der Waals surface area (Å²) in [7, 11) is 0. The van der Waals surface area contributed by atoms with Crippen molar-refractivity contribution in [3.05, 3.63) is 57.6 Å². The van der Waals surface area contributed by atoms with Crippen molar-refractivity contribution in [3.8, 4) is 5.82 Å². The molecule has 3 aromatic rings. The predicted octanol–water partition coefficient (Wildman–Crippen LogP) is 2.95. The van der Waals surface area contributed by atoms with E-state index < -0.39 is 52.2 Å². The fraction of sp³-hybridized carbons (Fsp3) is 0.333. The molecule has 4 rings (SSSR count). The van der Waals surface area contributed by atoms with Gasteiger partial charge in [-0.05, 0) is 13.0 Å². The van der Waals surface area contributed by atoms with Gasteiger partial charge in [-0.3, -0.25) is 14.2 Å². The van der Waals surface area contributed by atoms with Crippen LogP contribution in [0.2, 0.25) is 0 Å². The maximum Gasteiger partial charge on any atom is 0.343 e. The fourth-order valence-electron chi connectivity index (χ4n) is 3.76. The van der Waals surface area contributed by atoms with Gasteiger partial charge in [0.1, 0.15) is 17.5 Å². The van der Waals surface area contributed by atoms with Crippen molar-refractivity contribution in [1.82, 2.24) is 9.55 Å². The second kappa shape index (κ2) is 9.51. The molecule has 0 amide bonds. The van der Waals surface area contributed by atoms with Gasteiger partial charge < -0.3 is 20.1 Å². The summed E-state index contributed by atoms with van der Waals surface area (Å²) in [4.78, 5) is 42.7. The third-order valence-corrected chi connectivity index (χ3v) is 5.68. The van der Waals surface area contributed by atoms with Crippen molar-refractivity contribution in [2.75, 3.05) is 30.3 Å². The minimum absolute atomic E-state index is 0.0241. The Morgan fingerprint density at radius 2 is 1.83 bits per heavy atom. The molecule has 1 fully saturated rings. The van der Waals surface area contributed by atoms with Crippen molar-refractivity contribution in [2.24, 2.45) is 5.92 Å². The van der Waals surface area contributed by atoms with Gasteiger partial charge in [0.25, 0.3) is 0 Å². The van der Waals surface area contributed by atoms with Gasteiger partial charge in [0.2, 0.25) is 5.43 Å². The Morgan fingerprint density at radius 1 is 1.14 bits per heavy atom. The van der Waals surface area contributed by atoms with E-state index in [0.717, 1.165) is 16.8 Å². The number of nitrogens with two attached hydrogens (primary N) is 1. The third-order valence-electron chi connectivity index (χ3n) is 5.68. The van der Waals surface area contributed by atoms with Crippen molar-refractivity contribution >= 4 is 34.3 Å². The van der Waals surface area contributed by atoms with Crippen LogP contribution in [0.3, 0.4) is 0 Å². The number of benzene rings is 1. The molecule has 190 valence electrons. The summed E-state index contributed by atoms with van der Waals surface area (Å²) in [5, 5.41) is -0.135. The normalized spacial score (nSPS) is 13.7. The summed E-state index contributed by atoms with van der Waals surface area (Å²) in [5.74, 6) is -5.86. The van der Waals surface area contributed by atoms with E-state index in [1.807, 2.05) is 0 Å². The van der Waals surface area contributed by atoms with Gasteiger partial charge in [-0.1, -0.05) is 13.8 Å². The summed E-state index contributed by atoms with van der Waals surface area (Å²) < 4.78 is 54.8. The second-order valence-electron chi connectivity index (χ2n) is 8.56. The topological polar surface area (TPSA) is 117 Å². The Morgan fingerprint density at radius 3 is 2.47 bits per heavy atom. The molecule has 0 spiro atoms. The summed E-state index contributed by atoms with van der Waals surface area (Å²) in [5.41, 5.74) is 4.15. The largest absolute Gasteiger partial charge is 0.462 e. The zero-order valence-electron chi connectivity index (χ0n) is 19.7. The molecule has 36 heavy (non-hydrogen) atoms. The summed E-state index contributed by atoms with van der Waals surface area (Å²) in [6.07, 6.45) is 0.508. The van der Waals surface area contributed by atoms with Crippen LogP contribution in [-0.2, 0) is 14.3 Å². The number of carbonyl (C=O) groups excluding carboxylic acids is 2. The molecule has 1 aromatic carbocycles. The van der Waals surface area contributed by atoms with E-state index in [1.54, 1.807) is 25.7 Å². The van der Waals surface area contributed by atoms with Crippen molar-refractivity contribution < 1.29 is 32.2 Å². The number of carbonyl (C=O) groups is 2. The molecule has 1 aliphatic rings. The van der Waals surface area contributed by atoms with Gasteiger partial charge >= 0.3 is 11.9 Å². The van der Waals surface area contributed by atoms with Crippen LogP contribution in [0.25, 0.3) is 16.7 Å². The van der Waals surface area contributed by atoms with Crippen LogP contribution in [0.4, 0.5) is 24.7 Å². The minimum atomic E-state index is -1.15. The van der Waals surface area contributed by atoms with Crippen LogP contribution in [0, 0.1) is 23.4 Å². The average molecular weight is 504 g/mol. The lowest BCUT2D eigenvalue weighted by molar-refractivity contribution is -0.153. The number of fused-ring (bicyclic) bond motifs is 1. The van der Waals surface area contributed by atoms with Crippen molar-refractivity contribution in [3.63, 3.8) is 0 Å². The first-order valence-corrected chi connectivity index (χ1v) is 11.1. The van der Waals surface area contributed by atoms with Crippen LogP contribution >= 0.6 is 0 Å². The van der Waals surface area contributed by atoms with E-state index in [-0.39, 0.29) is 48.2 Å². The van der Waals surface area contributed by atoms with E-state index in [4.69, 9.17) is 15.2 Å². The number of esters is 2. The Labute approximate surface area is 203 Å².